The maximum atomic E-state index is 12.7. The van der Waals surface area contributed by atoms with Crippen LogP contribution in [0.25, 0.3) is 11.4 Å². The number of aromatic nitrogens is 3. The molecule has 0 spiro atoms. The lowest BCUT2D eigenvalue weighted by atomic mass is 10.1. The molecule has 0 aliphatic rings. The van der Waals surface area contributed by atoms with Crippen molar-refractivity contribution in [3.8, 4) is 17.1 Å². The number of rotatable bonds is 9. The normalized spacial score (nSPS) is 10.7. The molecular weight excluding hydrogens is 490 g/mol. The van der Waals surface area contributed by atoms with Gasteiger partial charge in [0.25, 0.3) is 5.91 Å². The summed E-state index contributed by atoms with van der Waals surface area (Å²) in [5.41, 5.74) is 1.52. The highest BCUT2D eigenvalue weighted by Gasteiger charge is 2.27. The topological polar surface area (TPSA) is 116 Å². The van der Waals surface area contributed by atoms with Crippen molar-refractivity contribution in [2.24, 2.45) is 7.05 Å². The van der Waals surface area contributed by atoms with Crippen LogP contribution in [0, 0.1) is 6.92 Å². The third-order valence-electron chi connectivity index (χ3n) is 4.98. The first-order valence-electron chi connectivity index (χ1n) is 10.7. The lowest BCUT2D eigenvalue weighted by Gasteiger charge is -2.08. The largest absolute Gasteiger partial charge is 0.494 e. The second-order valence-electron chi connectivity index (χ2n) is 7.61. The van der Waals surface area contributed by atoms with Gasteiger partial charge in [0, 0.05) is 26.7 Å². The number of hydrogen-bond donors (Lipinski definition) is 1. The van der Waals surface area contributed by atoms with Gasteiger partial charge in [0.05, 0.1) is 29.9 Å². The maximum Gasteiger partial charge on any atom is 0.341 e. The molecule has 1 N–H and O–H groups in total. The Bertz CT molecular complexity index is 1230. The zero-order valence-corrected chi connectivity index (χ0v) is 22.0. The molecule has 3 rings (SSSR count). The molecule has 1 aromatic carbocycles. The molecule has 0 saturated heterocycles. The van der Waals surface area contributed by atoms with Gasteiger partial charge in [-0.05, 0) is 43.7 Å². The SMILES string of the molecule is CCOc1ccc(-c2nnc(SCC(=O)Nc3sc(C(=O)N(C)C)c(C)c3C(=O)OC)n2C)cc1. The molecule has 10 nitrogen and oxygen atoms in total. The smallest absolute Gasteiger partial charge is 0.341 e. The molecule has 0 unspecified atom stereocenters. The zero-order valence-electron chi connectivity index (χ0n) is 20.4. The number of methoxy groups -OCH3 is 1. The van der Waals surface area contributed by atoms with Crippen molar-refractivity contribution in [3.05, 3.63) is 40.3 Å². The van der Waals surface area contributed by atoms with Crippen molar-refractivity contribution >= 4 is 45.9 Å². The van der Waals surface area contributed by atoms with Crippen molar-refractivity contribution in [2.75, 3.05) is 38.9 Å². The van der Waals surface area contributed by atoms with E-state index in [2.05, 4.69) is 15.5 Å². The molecule has 0 bridgehead atoms. The second-order valence-corrected chi connectivity index (χ2v) is 9.57. The Labute approximate surface area is 211 Å². The van der Waals surface area contributed by atoms with E-state index < -0.39 is 5.97 Å². The molecule has 186 valence electrons. The summed E-state index contributed by atoms with van der Waals surface area (Å²) in [6.07, 6.45) is 0. The van der Waals surface area contributed by atoms with Crippen LogP contribution >= 0.6 is 23.1 Å². The number of hydrogen-bond acceptors (Lipinski definition) is 9. The summed E-state index contributed by atoms with van der Waals surface area (Å²) in [7, 11) is 6.32. The molecule has 2 heterocycles. The molecular formula is C23H27N5O5S2. The summed E-state index contributed by atoms with van der Waals surface area (Å²) < 4.78 is 12.1. The van der Waals surface area contributed by atoms with E-state index in [1.807, 2.05) is 38.2 Å². The molecule has 3 aromatic rings. The first kappa shape index (κ1) is 26.2. The number of esters is 1. The monoisotopic (exact) mass is 517 g/mol. The summed E-state index contributed by atoms with van der Waals surface area (Å²) in [4.78, 5) is 39.3. The summed E-state index contributed by atoms with van der Waals surface area (Å²) in [5.74, 6) is 0.237. The number of carbonyl (C=O) groups excluding carboxylic acids is 3. The van der Waals surface area contributed by atoms with E-state index in [1.165, 1.54) is 23.8 Å². The van der Waals surface area contributed by atoms with Crippen molar-refractivity contribution < 1.29 is 23.9 Å². The van der Waals surface area contributed by atoms with Crippen LogP contribution < -0.4 is 10.1 Å². The van der Waals surface area contributed by atoms with Crippen LogP contribution in [0.15, 0.2) is 29.4 Å². The van der Waals surface area contributed by atoms with Crippen LogP contribution in [0.2, 0.25) is 0 Å². The summed E-state index contributed by atoms with van der Waals surface area (Å²) >= 11 is 2.26. The minimum Gasteiger partial charge on any atom is -0.494 e. The van der Waals surface area contributed by atoms with Gasteiger partial charge in [-0.25, -0.2) is 4.79 Å². The number of carbonyl (C=O) groups is 3. The Morgan fingerprint density at radius 1 is 1.17 bits per heavy atom. The van der Waals surface area contributed by atoms with E-state index in [4.69, 9.17) is 9.47 Å². The number of thiophene rings is 1. The summed E-state index contributed by atoms with van der Waals surface area (Å²) in [6, 6.07) is 7.53. The van der Waals surface area contributed by atoms with Crippen LogP contribution in [-0.4, -0.2) is 71.0 Å². The Morgan fingerprint density at radius 3 is 2.46 bits per heavy atom. The molecule has 2 amide bonds. The Hall–Kier alpha value is -3.38. The van der Waals surface area contributed by atoms with Gasteiger partial charge in [-0.1, -0.05) is 11.8 Å². The quantitative estimate of drug-likeness (QED) is 0.339. The molecule has 0 saturated carbocycles. The fraction of sp³-hybridized carbons (Fsp3) is 0.348. The molecule has 0 radical (unpaired) electrons. The molecule has 2 aromatic heterocycles. The number of benzene rings is 1. The predicted molar refractivity (Wildman–Crippen MR) is 135 cm³/mol. The number of thioether (sulfide) groups is 1. The number of nitrogens with one attached hydrogen (secondary N) is 1. The number of ether oxygens (including phenoxy) is 2. The summed E-state index contributed by atoms with van der Waals surface area (Å²) in [6.45, 7) is 4.17. The lowest BCUT2D eigenvalue weighted by molar-refractivity contribution is -0.113. The third-order valence-corrected chi connectivity index (χ3v) is 7.20. The van der Waals surface area contributed by atoms with Gasteiger partial charge in [-0.3, -0.25) is 9.59 Å². The number of nitrogens with zero attached hydrogens (tertiary/aromatic N) is 4. The molecule has 0 aliphatic carbocycles. The van der Waals surface area contributed by atoms with Crippen LogP contribution in [0.5, 0.6) is 5.75 Å². The third kappa shape index (κ3) is 5.82. The first-order chi connectivity index (χ1) is 16.7. The zero-order chi connectivity index (χ0) is 25.7. The van der Waals surface area contributed by atoms with E-state index in [1.54, 1.807) is 25.6 Å². The van der Waals surface area contributed by atoms with E-state index in [9.17, 15) is 14.4 Å². The van der Waals surface area contributed by atoms with Gasteiger partial charge in [-0.15, -0.1) is 21.5 Å². The van der Waals surface area contributed by atoms with Crippen molar-refractivity contribution in [1.29, 1.82) is 0 Å². The first-order valence-corrected chi connectivity index (χ1v) is 12.5. The highest BCUT2D eigenvalue weighted by molar-refractivity contribution is 7.99. The molecule has 0 fully saturated rings. The van der Waals surface area contributed by atoms with Crippen molar-refractivity contribution in [2.45, 2.75) is 19.0 Å². The van der Waals surface area contributed by atoms with E-state index in [-0.39, 0.29) is 28.1 Å². The second kappa shape index (κ2) is 11.4. The average molecular weight is 518 g/mol. The lowest BCUT2D eigenvalue weighted by Crippen LogP contribution is -2.21. The standard InChI is InChI=1S/C23H27N5O5S2/c1-7-33-15-10-8-14(9-11-15)19-25-26-23(28(19)5)34-12-16(29)24-20-17(22(31)32-6)13(2)18(35-20)21(30)27(3)4/h8-11H,7,12H2,1-6H3,(H,24,29). The average Bonchev–Trinajstić information content (AvgIpc) is 3.36. The maximum absolute atomic E-state index is 12.7. The minimum absolute atomic E-state index is 0.0315. The Kier molecular flexibility index (Phi) is 8.52. The summed E-state index contributed by atoms with van der Waals surface area (Å²) in [5, 5.41) is 12.0. The van der Waals surface area contributed by atoms with Gasteiger partial charge >= 0.3 is 5.97 Å². The van der Waals surface area contributed by atoms with E-state index in [0.29, 0.717) is 28.0 Å². The highest BCUT2D eigenvalue weighted by Crippen LogP contribution is 2.34. The van der Waals surface area contributed by atoms with Crippen LogP contribution in [0.1, 0.15) is 32.5 Å². The Morgan fingerprint density at radius 2 is 1.86 bits per heavy atom. The Balaban J connectivity index is 1.73. The van der Waals surface area contributed by atoms with Gasteiger partial charge in [-0.2, -0.15) is 0 Å². The number of amides is 2. The molecule has 0 atom stereocenters. The van der Waals surface area contributed by atoms with Crippen LogP contribution in [0.4, 0.5) is 5.00 Å². The van der Waals surface area contributed by atoms with Gasteiger partial charge in [0.1, 0.15) is 10.8 Å². The fourth-order valence-electron chi connectivity index (χ4n) is 3.21. The number of anilines is 1. The van der Waals surface area contributed by atoms with Crippen molar-refractivity contribution in [1.82, 2.24) is 19.7 Å². The van der Waals surface area contributed by atoms with E-state index >= 15 is 0 Å². The molecule has 0 aliphatic heterocycles. The minimum atomic E-state index is -0.618. The van der Waals surface area contributed by atoms with Crippen molar-refractivity contribution in [3.63, 3.8) is 0 Å². The highest BCUT2D eigenvalue weighted by atomic mass is 32.2. The predicted octanol–water partition coefficient (Wildman–Crippen LogP) is 3.47. The van der Waals surface area contributed by atoms with E-state index in [0.717, 1.165) is 22.6 Å². The van der Waals surface area contributed by atoms with Gasteiger partial charge in [0.2, 0.25) is 5.91 Å². The van der Waals surface area contributed by atoms with Crippen LogP contribution in [0.3, 0.4) is 0 Å². The fourth-order valence-corrected chi connectivity index (χ4v) is 5.15. The van der Waals surface area contributed by atoms with Gasteiger partial charge < -0.3 is 24.3 Å². The van der Waals surface area contributed by atoms with Gasteiger partial charge in [0.15, 0.2) is 11.0 Å². The molecule has 35 heavy (non-hydrogen) atoms. The van der Waals surface area contributed by atoms with Crippen LogP contribution in [-0.2, 0) is 16.6 Å². The molecule has 12 heteroatoms.